The number of phenolic OH excluding ortho intramolecular Hbond substituents is 2. The number of hydrogen-bond donors (Lipinski definition) is 2. The second-order valence-electron chi connectivity index (χ2n) is 1.96. The van der Waals surface area contributed by atoms with Gasteiger partial charge >= 0.3 is 0 Å². The molecule has 1 aromatic rings. The Morgan fingerprint density at radius 3 is 2.00 bits per heavy atom. The Hall–Kier alpha value is -1.78. The number of nitro benzene ring substituents is 1. The smallest absolute Gasteiger partial charge is 0.276 e. The third kappa shape index (κ3) is 1.57. The molecule has 0 bridgehead atoms. The van der Waals surface area contributed by atoms with Crippen LogP contribution in [0.25, 0.3) is 0 Å². The first-order valence-corrected chi connectivity index (χ1v) is 2.77. The van der Waals surface area contributed by atoms with Crippen LogP contribution in [0.1, 0.15) is 0 Å². The highest BCUT2D eigenvalue weighted by molar-refractivity contribution is 5.44. The largest absolute Gasteiger partial charge is 0.508 e. The summed E-state index contributed by atoms with van der Waals surface area (Å²) in [5.74, 6) is -0.645. The van der Waals surface area contributed by atoms with Crippen molar-refractivity contribution in [1.82, 2.24) is 0 Å². The first-order valence-electron chi connectivity index (χ1n) is 2.77. The lowest BCUT2D eigenvalue weighted by Crippen LogP contribution is -1.86. The molecule has 0 aliphatic rings. The van der Waals surface area contributed by atoms with Crippen LogP contribution in [-0.4, -0.2) is 15.1 Å². The van der Waals surface area contributed by atoms with Crippen molar-refractivity contribution in [3.05, 3.63) is 28.3 Å². The molecule has 2 N–H and O–H groups in total. The van der Waals surface area contributed by atoms with E-state index in [2.05, 4.69) is 0 Å². The molecule has 5 nitrogen and oxygen atoms in total. The van der Waals surface area contributed by atoms with Crippen molar-refractivity contribution in [2.45, 2.75) is 0 Å². The van der Waals surface area contributed by atoms with Gasteiger partial charge in [-0.15, -0.1) is 0 Å². The molecule has 1 rings (SSSR count). The number of nitrogens with zero attached hydrogens (tertiary/aromatic N) is 1. The maximum atomic E-state index is 10.1. The Morgan fingerprint density at radius 1 is 1.18 bits per heavy atom. The fourth-order valence-corrected chi connectivity index (χ4v) is 0.685. The standard InChI is InChI=1S/C6H5NO4/c8-5-1-4(7(10)11)2-6(9)3-5/h1-3,8-9H. The van der Waals surface area contributed by atoms with Gasteiger partial charge in [0.25, 0.3) is 5.69 Å². The molecule has 0 saturated carbocycles. The second kappa shape index (κ2) is 2.45. The lowest BCUT2D eigenvalue weighted by atomic mass is 10.3. The van der Waals surface area contributed by atoms with E-state index in [1.165, 1.54) is 0 Å². The van der Waals surface area contributed by atoms with Crippen LogP contribution in [0.4, 0.5) is 5.69 Å². The van der Waals surface area contributed by atoms with Gasteiger partial charge in [0.15, 0.2) is 0 Å². The summed E-state index contributed by atoms with van der Waals surface area (Å²) in [6.45, 7) is 0. The molecule has 1 aromatic carbocycles. The average molecular weight is 155 g/mol. The quantitative estimate of drug-likeness (QED) is 0.468. The molecule has 11 heavy (non-hydrogen) atoms. The zero-order valence-electron chi connectivity index (χ0n) is 5.39. The van der Waals surface area contributed by atoms with Crippen molar-refractivity contribution < 1.29 is 15.1 Å². The summed E-state index contributed by atoms with van der Waals surface area (Å²) in [5, 5.41) is 27.6. The van der Waals surface area contributed by atoms with E-state index in [-0.39, 0.29) is 17.2 Å². The Balaban J connectivity index is 3.19. The van der Waals surface area contributed by atoms with E-state index >= 15 is 0 Å². The highest BCUT2D eigenvalue weighted by atomic mass is 16.6. The summed E-state index contributed by atoms with van der Waals surface area (Å²) < 4.78 is 0. The molecule has 5 heteroatoms. The molecule has 0 amide bonds. The first kappa shape index (κ1) is 7.33. The average Bonchev–Trinajstić information content (AvgIpc) is 1.85. The van der Waals surface area contributed by atoms with E-state index in [0.717, 1.165) is 18.2 Å². The van der Waals surface area contributed by atoms with E-state index in [9.17, 15) is 10.1 Å². The molecule has 0 heterocycles. The van der Waals surface area contributed by atoms with Crippen molar-refractivity contribution in [3.63, 3.8) is 0 Å². The molecule has 0 spiro atoms. The molecule has 58 valence electrons. The molecule has 0 aliphatic heterocycles. The fourth-order valence-electron chi connectivity index (χ4n) is 0.685. The Bertz CT molecular complexity index is 276. The fraction of sp³-hybridized carbons (Fsp3) is 0. The van der Waals surface area contributed by atoms with Gasteiger partial charge in [0.2, 0.25) is 0 Å². The Labute approximate surface area is 61.7 Å². The third-order valence-corrected chi connectivity index (χ3v) is 1.10. The highest BCUT2D eigenvalue weighted by Gasteiger charge is 2.07. The summed E-state index contributed by atoms with van der Waals surface area (Å²) in [7, 11) is 0. The van der Waals surface area contributed by atoms with Crippen LogP contribution in [-0.2, 0) is 0 Å². The summed E-state index contributed by atoms with van der Waals surface area (Å²) in [6.07, 6.45) is 0. The maximum absolute atomic E-state index is 10.1. The molecule has 0 aliphatic carbocycles. The SMILES string of the molecule is O=[N+]([O-])c1cc(O)cc(O)c1. The van der Waals surface area contributed by atoms with Crippen molar-refractivity contribution in [2.24, 2.45) is 0 Å². The number of phenols is 2. The van der Waals surface area contributed by atoms with Gasteiger partial charge in [-0.3, -0.25) is 10.1 Å². The van der Waals surface area contributed by atoms with E-state index in [4.69, 9.17) is 10.2 Å². The zero-order valence-corrected chi connectivity index (χ0v) is 5.39. The van der Waals surface area contributed by atoms with Crippen LogP contribution in [0.3, 0.4) is 0 Å². The topological polar surface area (TPSA) is 83.6 Å². The molecular weight excluding hydrogens is 150 g/mol. The zero-order chi connectivity index (χ0) is 8.43. The second-order valence-corrected chi connectivity index (χ2v) is 1.96. The van der Waals surface area contributed by atoms with E-state index in [0.29, 0.717) is 0 Å². The predicted molar refractivity (Wildman–Crippen MR) is 36.4 cm³/mol. The molecule has 0 atom stereocenters. The van der Waals surface area contributed by atoms with Gasteiger partial charge in [0, 0.05) is 6.07 Å². The van der Waals surface area contributed by atoms with E-state index < -0.39 is 4.92 Å². The number of benzene rings is 1. The molecular formula is C6H5NO4. The summed E-state index contributed by atoms with van der Waals surface area (Å²) >= 11 is 0. The van der Waals surface area contributed by atoms with Crippen LogP contribution < -0.4 is 0 Å². The van der Waals surface area contributed by atoms with Crippen molar-refractivity contribution in [3.8, 4) is 11.5 Å². The van der Waals surface area contributed by atoms with Gasteiger partial charge in [-0.25, -0.2) is 0 Å². The van der Waals surface area contributed by atoms with Crippen LogP contribution in [0, 0.1) is 10.1 Å². The van der Waals surface area contributed by atoms with E-state index in [1.54, 1.807) is 0 Å². The normalized spacial score (nSPS) is 9.45. The van der Waals surface area contributed by atoms with Gasteiger partial charge < -0.3 is 10.2 Å². The summed E-state index contributed by atoms with van der Waals surface area (Å²) in [6, 6.07) is 2.94. The van der Waals surface area contributed by atoms with Gasteiger partial charge in [-0.05, 0) is 0 Å². The molecule has 0 unspecified atom stereocenters. The van der Waals surface area contributed by atoms with Gasteiger partial charge in [0.1, 0.15) is 11.5 Å². The van der Waals surface area contributed by atoms with Crippen LogP contribution in [0.5, 0.6) is 11.5 Å². The predicted octanol–water partition coefficient (Wildman–Crippen LogP) is 1.01. The minimum Gasteiger partial charge on any atom is -0.508 e. The van der Waals surface area contributed by atoms with Gasteiger partial charge in [-0.2, -0.15) is 0 Å². The minimum atomic E-state index is -0.695. The first-order chi connectivity index (χ1) is 5.09. The Morgan fingerprint density at radius 2 is 1.64 bits per heavy atom. The number of nitro groups is 1. The highest BCUT2D eigenvalue weighted by Crippen LogP contribution is 2.24. The van der Waals surface area contributed by atoms with Gasteiger partial charge in [0.05, 0.1) is 17.1 Å². The van der Waals surface area contributed by atoms with Crippen molar-refractivity contribution >= 4 is 5.69 Å². The number of non-ortho nitro benzene ring substituents is 1. The maximum Gasteiger partial charge on any atom is 0.276 e. The third-order valence-electron chi connectivity index (χ3n) is 1.10. The number of hydrogen-bond acceptors (Lipinski definition) is 4. The molecule has 0 saturated heterocycles. The van der Waals surface area contributed by atoms with Gasteiger partial charge in [-0.1, -0.05) is 0 Å². The lowest BCUT2D eigenvalue weighted by Gasteiger charge is -1.94. The summed E-state index contributed by atoms with van der Waals surface area (Å²) in [4.78, 5) is 9.39. The van der Waals surface area contributed by atoms with Crippen molar-refractivity contribution in [1.29, 1.82) is 0 Å². The van der Waals surface area contributed by atoms with E-state index in [1.807, 2.05) is 0 Å². The summed E-state index contributed by atoms with van der Waals surface area (Å²) in [5.41, 5.74) is -0.331. The molecule has 0 fully saturated rings. The van der Waals surface area contributed by atoms with Crippen LogP contribution >= 0.6 is 0 Å². The molecule has 0 aromatic heterocycles. The number of rotatable bonds is 1. The van der Waals surface area contributed by atoms with Crippen LogP contribution in [0.15, 0.2) is 18.2 Å². The molecule has 0 radical (unpaired) electrons. The number of aromatic hydroxyl groups is 2. The minimum absolute atomic E-state index is 0.322. The lowest BCUT2D eigenvalue weighted by molar-refractivity contribution is -0.385. The van der Waals surface area contributed by atoms with Crippen LogP contribution in [0.2, 0.25) is 0 Å². The van der Waals surface area contributed by atoms with Crippen molar-refractivity contribution in [2.75, 3.05) is 0 Å². The monoisotopic (exact) mass is 155 g/mol. The Kier molecular flexibility index (Phi) is 1.63.